The largest absolute Gasteiger partial charge is 0.480 e. The van der Waals surface area contributed by atoms with Crippen molar-refractivity contribution in [3.05, 3.63) is 60.1 Å². The van der Waals surface area contributed by atoms with Crippen LogP contribution in [0.1, 0.15) is 76.4 Å². The van der Waals surface area contributed by atoms with E-state index in [9.17, 15) is 18.0 Å². The fraction of sp³-hybridized carbons (Fsp3) is 0.469. The highest BCUT2D eigenvalue weighted by Gasteiger charge is 2.35. The number of methoxy groups -OCH3 is 1. The Morgan fingerprint density at radius 1 is 1.04 bits per heavy atom. The number of anilines is 1. The lowest BCUT2D eigenvalue weighted by atomic mass is 10.1. The van der Waals surface area contributed by atoms with Gasteiger partial charge in [-0.15, -0.1) is 0 Å². The molecule has 0 spiro atoms. The zero-order valence-electron chi connectivity index (χ0n) is 27.2. The monoisotopic (exact) mass is 653 g/mol. The van der Waals surface area contributed by atoms with E-state index in [1.807, 2.05) is 17.0 Å². The number of imidazole rings is 1. The number of carbonyl (C=O) groups is 1. The molecule has 0 radical (unpaired) electrons. The Bertz CT molecular complexity index is 1700. The Balaban J connectivity index is 1.44. The Morgan fingerprint density at radius 2 is 1.74 bits per heavy atom. The maximum Gasteiger partial charge on any atom is 0.434 e. The highest BCUT2D eigenvalue weighted by Crippen LogP contribution is 2.44. The number of hydrogen-bond acceptors (Lipinski definition) is 10. The summed E-state index contributed by atoms with van der Waals surface area (Å²) < 4.78 is 52.8. The quantitative estimate of drug-likeness (QED) is 0.199. The van der Waals surface area contributed by atoms with Crippen molar-refractivity contribution in [2.24, 2.45) is 0 Å². The van der Waals surface area contributed by atoms with E-state index < -0.39 is 23.6 Å². The van der Waals surface area contributed by atoms with E-state index in [0.717, 1.165) is 30.3 Å². The third-order valence-corrected chi connectivity index (χ3v) is 7.28. The second kappa shape index (κ2) is 13.5. The summed E-state index contributed by atoms with van der Waals surface area (Å²) >= 11 is 0. The summed E-state index contributed by atoms with van der Waals surface area (Å²) in [5, 5.41) is 2.77. The number of hydrogen-bond donors (Lipinski definition) is 1. The van der Waals surface area contributed by atoms with Gasteiger partial charge in [0.05, 0.1) is 12.8 Å². The van der Waals surface area contributed by atoms with Gasteiger partial charge in [0.1, 0.15) is 29.6 Å². The molecule has 15 heteroatoms. The number of benzene rings is 1. The van der Waals surface area contributed by atoms with E-state index in [1.54, 1.807) is 46.8 Å². The first-order chi connectivity index (χ1) is 22.2. The molecule has 250 valence electrons. The Hall–Kier alpha value is -4.82. The number of halogens is 3. The maximum absolute atomic E-state index is 13.5. The standard InChI is InChI=1S/C32H38F3N9O3/c1-19(2)44-16-23(32(33,34)35)41-27(44)22-9-7-20(8-10-22)15-43(14-13-36-30(45)47-31(3,4)5)29-40-18-38-26(42-29)24-25(21-11-12-21)37-17-39-28(24)46-6/h7-10,16-19,21H,11-15H2,1-6H3,(H,36,45). The van der Waals surface area contributed by atoms with Crippen LogP contribution < -0.4 is 15.0 Å². The van der Waals surface area contributed by atoms with Crippen molar-refractivity contribution in [2.75, 3.05) is 25.1 Å². The summed E-state index contributed by atoms with van der Waals surface area (Å²) in [6, 6.07) is 6.88. The van der Waals surface area contributed by atoms with Crippen LogP contribution in [0.15, 0.2) is 43.1 Å². The molecule has 0 bridgehead atoms. The number of alkyl carbamates (subject to hydrolysis) is 1. The van der Waals surface area contributed by atoms with Crippen LogP contribution in [0.4, 0.5) is 23.9 Å². The van der Waals surface area contributed by atoms with E-state index in [2.05, 4.69) is 30.2 Å². The van der Waals surface area contributed by atoms with Gasteiger partial charge in [-0.2, -0.15) is 18.2 Å². The van der Waals surface area contributed by atoms with Crippen molar-refractivity contribution in [2.45, 2.75) is 77.7 Å². The number of aromatic nitrogens is 7. The molecule has 12 nitrogen and oxygen atoms in total. The molecule has 1 saturated carbocycles. The van der Waals surface area contributed by atoms with Gasteiger partial charge in [0.2, 0.25) is 11.8 Å². The first-order valence-corrected chi connectivity index (χ1v) is 15.3. The Kier molecular flexibility index (Phi) is 9.63. The zero-order chi connectivity index (χ0) is 33.9. The minimum absolute atomic E-state index is 0.213. The number of nitrogens with one attached hydrogen (secondary N) is 1. The van der Waals surface area contributed by atoms with Gasteiger partial charge in [-0.3, -0.25) is 0 Å². The molecule has 1 amide bonds. The van der Waals surface area contributed by atoms with E-state index in [4.69, 9.17) is 14.5 Å². The number of alkyl halides is 3. The molecule has 47 heavy (non-hydrogen) atoms. The number of carbonyl (C=O) groups excluding carboxylic acids is 1. The molecule has 1 fully saturated rings. The first kappa shape index (κ1) is 33.5. The summed E-state index contributed by atoms with van der Waals surface area (Å²) in [7, 11) is 1.53. The van der Waals surface area contributed by atoms with Crippen LogP contribution in [-0.2, 0) is 17.5 Å². The van der Waals surface area contributed by atoms with Crippen LogP contribution >= 0.6 is 0 Å². The van der Waals surface area contributed by atoms with E-state index >= 15 is 0 Å². The number of amides is 1. The molecule has 5 rings (SSSR count). The SMILES string of the molecule is COc1ncnc(C2CC2)c1-c1ncnc(N(CCNC(=O)OC(C)(C)C)Cc2ccc(-c3nc(C(F)(F)F)cn3C(C)C)cc2)n1. The maximum atomic E-state index is 13.5. The third-order valence-electron chi connectivity index (χ3n) is 7.28. The summed E-state index contributed by atoms with van der Waals surface area (Å²) in [5.74, 6) is 1.55. The molecule has 3 aromatic heterocycles. The van der Waals surface area contributed by atoms with Crippen LogP contribution in [-0.4, -0.2) is 66.4 Å². The second-order valence-corrected chi connectivity index (χ2v) is 12.5. The number of nitrogens with zero attached hydrogens (tertiary/aromatic N) is 8. The van der Waals surface area contributed by atoms with Crippen molar-refractivity contribution < 1.29 is 27.4 Å². The van der Waals surface area contributed by atoms with Crippen molar-refractivity contribution >= 4 is 12.0 Å². The molecule has 1 aromatic carbocycles. The second-order valence-electron chi connectivity index (χ2n) is 12.5. The van der Waals surface area contributed by atoms with Gasteiger partial charge >= 0.3 is 12.3 Å². The summed E-state index contributed by atoms with van der Waals surface area (Å²) in [6.07, 6.45) is 0.791. The third kappa shape index (κ3) is 8.32. The predicted octanol–water partition coefficient (Wildman–Crippen LogP) is 6.21. The first-order valence-electron chi connectivity index (χ1n) is 15.3. The van der Waals surface area contributed by atoms with Crippen LogP contribution in [0.2, 0.25) is 0 Å². The van der Waals surface area contributed by atoms with Crippen molar-refractivity contribution in [3.8, 4) is 28.7 Å². The molecule has 0 aliphatic heterocycles. The highest BCUT2D eigenvalue weighted by molar-refractivity contribution is 5.68. The molecule has 3 heterocycles. The summed E-state index contributed by atoms with van der Waals surface area (Å²) in [4.78, 5) is 40.5. The van der Waals surface area contributed by atoms with Crippen LogP contribution in [0.3, 0.4) is 0 Å². The Morgan fingerprint density at radius 3 is 2.36 bits per heavy atom. The topological polar surface area (TPSA) is 133 Å². The van der Waals surface area contributed by atoms with E-state index in [1.165, 1.54) is 24.3 Å². The molecule has 0 atom stereocenters. The minimum Gasteiger partial charge on any atom is -0.480 e. The number of rotatable bonds is 11. The number of ether oxygens (including phenoxy) is 2. The van der Waals surface area contributed by atoms with Crippen molar-refractivity contribution in [1.29, 1.82) is 0 Å². The summed E-state index contributed by atoms with van der Waals surface area (Å²) in [6.45, 7) is 9.77. The van der Waals surface area contributed by atoms with E-state index in [-0.39, 0.29) is 24.3 Å². The summed E-state index contributed by atoms with van der Waals surface area (Å²) in [5.41, 5.74) is 1.20. The van der Waals surface area contributed by atoms with Gasteiger partial charge in [-0.1, -0.05) is 24.3 Å². The van der Waals surface area contributed by atoms with Crippen molar-refractivity contribution in [1.82, 2.24) is 39.8 Å². The smallest absolute Gasteiger partial charge is 0.434 e. The van der Waals surface area contributed by atoms with Gasteiger partial charge in [0, 0.05) is 43.4 Å². The van der Waals surface area contributed by atoms with Crippen LogP contribution in [0.5, 0.6) is 5.88 Å². The average Bonchev–Trinajstić information content (AvgIpc) is 3.75. The van der Waals surface area contributed by atoms with Crippen LogP contribution in [0, 0.1) is 0 Å². The lowest BCUT2D eigenvalue weighted by Gasteiger charge is -2.24. The van der Waals surface area contributed by atoms with Gasteiger partial charge in [-0.25, -0.2) is 29.7 Å². The minimum atomic E-state index is -4.55. The average molecular weight is 654 g/mol. The fourth-order valence-corrected chi connectivity index (χ4v) is 4.95. The lowest BCUT2D eigenvalue weighted by Crippen LogP contribution is -2.38. The van der Waals surface area contributed by atoms with Gasteiger partial charge < -0.3 is 24.3 Å². The van der Waals surface area contributed by atoms with Crippen molar-refractivity contribution in [3.63, 3.8) is 0 Å². The molecule has 1 aliphatic carbocycles. The van der Waals surface area contributed by atoms with Gasteiger partial charge in [0.25, 0.3) is 0 Å². The van der Waals surface area contributed by atoms with Crippen LogP contribution in [0.25, 0.3) is 22.8 Å². The molecule has 4 aromatic rings. The normalized spacial score (nSPS) is 13.5. The molecule has 0 saturated heterocycles. The Labute approximate surface area is 270 Å². The highest BCUT2D eigenvalue weighted by atomic mass is 19.4. The van der Waals surface area contributed by atoms with Gasteiger partial charge in [0.15, 0.2) is 11.5 Å². The molecule has 0 unspecified atom stereocenters. The predicted molar refractivity (Wildman–Crippen MR) is 168 cm³/mol. The molecule has 1 N–H and O–H groups in total. The molecule has 1 aliphatic rings. The zero-order valence-corrected chi connectivity index (χ0v) is 27.2. The lowest BCUT2D eigenvalue weighted by molar-refractivity contribution is -0.140. The molecular weight excluding hydrogens is 615 g/mol. The van der Waals surface area contributed by atoms with Gasteiger partial charge in [-0.05, 0) is 53.0 Å². The molecular formula is C32H38F3N9O3. The van der Waals surface area contributed by atoms with E-state index in [0.29, 0.717) is 41.9 Å². The fourth-order valence-electron chi connectivity index (χ4n) is 4.95.